The Hall–Kier alpha value is -2.49. The highest BCUT2D eigenvalue weighted by Gasteiger charge is 2.30. The van der Waals surface area contributed by atoms with Crippen LogP contribution in [-0.2, 0) is 4.79 Å². The summed E-state index contributed by atoms with van der Waals surface area (Å²) >= 11 is 0. The second-order valence-corrected chi connectivity index (χ2v) is 4.24. The maximum atomic E-state index is 12.1. The van der Waals surface area contributed by atoms with E-state index in [2.05, 4.69) is 5.32 Å². The standard InChI is InChI=1S/C15H13NO3/c1-18-12-8-4-2-6-10(12)14-15(17)19-13-9-5-3-7-11(13)16-14/h2-9,14,16H,1H3. The Kier molecular flexibility index (Phi) is 2.83. The van der Waals surface area contributed by atoms with Crippen molar-refractivity contribution in [3.63, 3.8) is 0 Å². The molecule has 0 fully saturated rings. The van der Waals surface area contributed by atoms with Gasteiger partial charge in [-0.05, 0) is 18.2 Å². The van der Waals surface area contributed by atoms with Gasteiger partial charge in [-0.3, -0.25) is 0 Å². The van der Waals surface area contributed by atoms with Gasteiger partial charge in [0.15, 0.2) is 11.8 Å². The molecule has 0 saturated carbocycles. The first kappa shape index (κ1) is 11.6. The first-order valence-electron chi connectivity index (χ1n) is 6.00. The van der Waals surface area contributed by atoms with Crippen LogP contribution < -0.4 is 14.8 Å². The van der Waals surface area contributed by atoms with E-state index in [0.717, 1.165) is 11.3 Å². The van der Waals surface area contributed by atoms with Crippen LogP contribution in [-0.4, -0.2) is 13.1 Å². The van der Waals surface area contributed by atoms with E-state index in [1.165, 1.54) is 0 Å². The van der Waals surface area contributed by atoms with Crippen molar-refractivity contribution < 1.29 is 14.3 Å². The van der Waals surface area contributed by atoms with E-state index in [1.807, 2.05) is 42.5 Å². The van der Waals surface area contributed by atoms with Crippen LogP contribution in [0.4, 0.5) is 5.69 Å². The molecule has 19 heavy (non-hydrogen) atoms. The number of para-hydroxylation sites is 3. The lowest BCUT2D eigenvalue weighted by atomic mass is 10.0. The van der Waals surface area contributed by atoms with Gasteiger partial charge in [-0.15, -0.1) is 0 Å². The number of benzene rings is 2. The fourth-order valence-corrected chi connectivity index (χ4v) is 2.17. The predicted molar refractivity (Wildman–Crippen MR) is 71.4 cm³/mol. The highest BCUT2D eigenvalue weighted by atomic mass is 16.5. The zero-order valence-corrected chi connectivity index (χ0v) is 10.4. The molecule has 96 valence electrons. The molecule has 4 heteroatoms. The number of hydrogen-bond donors (Lipinski definition) is 1. The molecule has 1 unspecified atom stereocenters. The number of anilines is 1. The third-order valence-electron chi connectivity index (χ3n) is 3.08. The van der Waals surface area contributed by atoms with Gasteiger partial charge in [0.05, 0.1) is 12.8 Å². The average Bonchev–Trinajstić information content (AvgIpc) is 2.46. The first-order chi connectivity index (χ1) is 9.29. The Morgan fingerprint density at radius 3 is 2.68 bits per heavy atom. The highest BCUT2D eigenvalue weighted by molar-refractivity contribution is 5.88. The molecule has 0 saturated heterocycles. The van der Waals surface area contributed by atoms with Crippen LogP contribution >= 0.6 is 0 Å². The Morgan fingerprint density at radius 2 is 1.84 bits per heavy atom. The number of carbonyl (C=O) groups is 1. The number of nitrogens with one attached hydrogen (secondary N) is 1. The van der Waals surface area contributed by atoms with Crippen LogP contribution in [0.5, 0.6) is 11.5 Å². The van der Waals surface area contributed by atoms with E-state index in [1.54, 1.807) is 13.2 Å². The fourth-order valence-electron chi connectivity index (χ4n) is 2.17. The molecule has 1 N–H and O–H groups in total. The lowest BCUT2D eigenvalue weighted by molar-refractivity contribution is -0.136. The second kappa shape index (κ2) is 4.65. The number of rotatable bonds is 2. The lowest BCUT2D eigenvalue weighted by Crippen LogP contribution is -2.30. The molecule has 0 bridgehead atoms. The minimum Gasteiger partial charge on any atom is -0.496 e. The molecule has 1 heterocycles. The van der Waals surface area contributed by atoms with Crippen molar-refractivity contribution in [2.24, 2.45) is 0 Å². The smallest absolute Gasteiger partial charge is 0.338 e. The number of hydrogen-bond acceptors (Lipinski definition) is 4. The summed E-state index contributed by atoms with van der Waals surface area (Å²) in [4.78, 5) is 12.1. The Morgan fingerprint density at radius 1 is 1.11 bits per heavy atom. The average molecular weight is 255 g/mol. The monoisotopic (exact) mass is 255 g/mol. The molecule has 0 aromatic heterocycles. The Labute approximate surface area is 111 Å². The third kappa shape index (κ3) is 2.01. The number of esters is 1. The van der Waals surface area contributed by atoms with Crippen molar-refractivity contribution in [3.8, 4) is 11.5 Å². The molecule has 1 aliphatic rings. The maximum Gasteiger partial charge on any atom is 0.338 e. The quantitative estimate of drug-likeness (QED) is 0.662. The van der Waals surface area contributed by atoms with Gasteiger partial charge >= 0.3 is 5.97 Å². The topological polar surface area (TPSA) is 47.6 Å². The van der Waals surface area contributed by atoms with Crippen molar-refractivity contribution in [2.75, 3.05) is 12.4 Å². The number of methoxy groups -OCH3 is 1. The normalized spacial score (nSPS) is 17.1. The summed E-state index contributed by atoms with van der Waals surface area (Å²) in [5.41, 5.74) is 1.57. The molecule has 2 aromatic carbocycles. The Bertz CT molecular complexity index is 624. The van der Waals surface area contributed by atoms with E-state index in [4.69, 9.17) is 9.47 Å². The van der Waals surface area contributed by atoms with Gasteiger partial charge in [0.25, 0.3) is 0 Å². The molecule has 0 spiro atoms. The summed E-state index contributed by atoms with van der Waals surface area (Å²) in [7, 11) is 1.58. The minimum absolute atomic E-state index is 0.330. The fraction of sp³-hybridized carbons (Fsp3) is 0.133. The molecule has 1 atom stereocenters. The molecule has 0 radical (unpaired) electrons. The van der Waals surface area contributed by atoms with Crippen LogP contribution in [0.1, 0.15) is 11.6 Å². The summed E-state index contributed by atoms with van der Waals surface area (Å²) in [6, 6.07) is 14.2. The van der Waals surface area contributed by atoms with Crippen molar-refractivity contribution in [2.45, 2.75) is 6.04 Å². The summed E-state index contributed by atoms with van der Waals surface area (Å²) in [5.74, 6) is 0.887. The molecular formula is C15H13NO3. The van der Waals surface area contributed by atoms with E-state index in [0.29, 0.717) is 11.5 Å². The highest BCUT2D eigenvalue weighted by Crippen LogP contribution is 2.36. The van der Waals surface area contributed by atoms with Gasteiger partial charge in [-0.2, -0.15) is 0 Å². The molecule has 4 nitrogen and oxygen atoms in total. The van der Waals surface area contributed by atoms with E-state index in [-0.39, 0.29) is 5.97 Å². The van der Waals surface area contributed by atoms with Crippen molar-refractivity contribution >= 4 is 11.7 Å². The molecule has 0 aliphatic carbocycles. The predicted octanol–water partition coefficient (Wildman–Crippen LogP) is 2.77. The number of fused-ring (bicyclic) bond motifs is 1. The summed E-state index contributed by atoms with van der Waals surface area (Å²) in [6.07, 6.45) is 0. The van der Waals surface area contributed by atoms with Crippen LogP contribution in [0, 0.1) is 0 Å². The summed E-state index contributed by atoms with van der Waals surface area (Å²) < 4.78 is 10.6. The molecular weight excluding hydrogens is 242 g/mol. The van der Waals surface area contributed by atoms with Crippen LogP contribution in [0.15, 0.2) is 48.5 Å². The number of ether oxygens (including phenoxy) is 2. The second-order valence-electron chi connectivity index (χ2n) is 4.24. The van der Waals surface area contributed by atoms with Gasteiger partial charge in [0, 0.05) is 5.56 Å². The maximum absolute atomic E-state index is 12.1. The minimum atomic E-state index is -0.550. The molecule has 0 amide bonds. The summed E-state index contributed by atoms with van der Waals surface area (Å²) in [6.45, 7) is 0. The lowest BCUT2D eigenvalue weighted by Gasteiger charge is -2.26. The van der Waals surface area contributed by atoms with Crippen molar-refractivity contribution in [3.05, 3.63) is 54.1 Å². The first-order valence-corrected chi connectivity index (χ1v) is 6.00. The van der Waals surface area contributed by atoms with Crippen LogP contribution in [0.3, 0.4) is 0 Å². The number of carbonyl (C=O) groups excluding carboxylic acids is 1. The molecule has 3 rings (SSSR count). The summed E-state index contributed by atoms with van der Waals surface area (Å²) in [5, 5.41) is 3.18. The van der Waals surface area contributed by atoms with Gasteiger partial charge in [0.2, 0.25) is 0 Å². The van der Waals surface area contributed by atoms with Crippen LogP contribution in [0.2, 0.25) is 0 Å². The zero-order valence-electron chi connectivity index (χ0n) is 10.4. The van der Waals surface area contributed by atoms with E-state index in [9.17, 15) is 4.79 Å². The third-order valence-corrected chi connectivity index (χ3v) is 3.08. The van der Waals surface area contributed by atoms with E-state index < -0.39 is 6.04 Å². The van der Waals surface area contributed by atoms with Crippen molar-refractivity contribution in [1.29, 1.82) is 0 Å². The van der Waals surface area contributed by atoms with Gasteiger partial charge in [-0.25, -0.2) is 4.79 Å². The molecule has 2 aromatic rings. The van der Waals surface area contributed by atoms with Gasteiger partial charge in [0.1, 0.15) is 5.75 Å². The van der Waals surface area contributed by atoms with Crippen molar-refractivity contribution in [1.82, 2.24) is 0 Å². The SMILES string of the molecule is COc1ccccc1C1Nc2ccccc2OC1=O. The van der Waals surface area contributed by atoms with Gasteiger partial charge < -0.3 is 14.8 Å². The van der Waals surface area contributed by atoms with Gasteiger partial charge in [-0.1, -0.05) is 30.3 Å². The van der Waals surface area contributed by atoms with Crippen LogP contribution in [0.25, 0.3) is 0 Å². The molecule has 1 aliphatic heterocycles. The Balaban J connectivity index is 2.01. The zero-order chi connectivity index (χ0) is 13.2. The van der Waals surface area contributed by atoms with E-state index >= 15 is 0 Å². The largest absolute Gasteiger partial charge is 0.496 e.